The molecule has 0 spiro atoms. The molecule has 0 aliphatic rings. The maximum absolute atomic E-state index is 13.2. The Kier molecular flexibility index (Phi) is 12.6. The number of nitrogens with two attached hydrogens (primary N) is 3. The number of nitrogens with zero attached hydrogens (tertiary/aromatic N) is 1. The molecule has 0 saturated carbocycles. The molecular formula is C25H38N8O5S. The molecule has 0 aliphatic carbocycles. The SMILES string of the molecule is CSCCC(NC(=O)C(Cc1c[nH]c2ccccc12)NC(=O)C(C)NC(=O)C(N)CCCN=C(N)N)C(=O)O. The number of carbonyl (C=O) groups is 4. The third-order valence-corrected chi connectivity index (χ3v) is 6.66. The number of H-pyrrole nitrogens is 1. The first-order valence-electron chi connectivity index (χ1n) is 12.5. The van der Waals surface area contributed by atoms with Crippen LogP contribution in [0.1, 0.15) is 31.7 Å². The molecule has 1 aromatic heterocycles. The minimum atomic E-state index is -1.16. The van der Waals surface area contributed by atoms with Crippen molar-refractivity contribution in [2.75, 3.05) is 18.6 Å². The summed E-state index contributed by atoms with van der Waals surface area (Å²) < 4.78 is 0. The van der Waals surface area contributed by atoms with E-state index in [-0.39, 0.29) is 18.8 Å². The number of aliphatic carboxylic acids is 1. The smallest absolute Gasteiger partial charge is 0.326 e. The van der Waals surface area contributed by atoms with Crippen LogP contribution in [0.3, 0.4) is 0 Å². The Morgan fingerprint density at radius 1 is 1.03 bits per heavy atom. The second-order valence-electron chi connectivity index (χ2n) is 9.09. The lowest BCUT2D eigenvalue weighted by molar-refractivity contribution is -0.142. The van der Waals surface area contributed by atoms with Gasteiger partial charge in [-0.25, -0.2) is 4.79 Å². The molecule has 1 heterocycles. The van der Waals surface area contributed by atoms with Gasteiger partial charge in [0, 0.05) is 30.1 Å². The zero-order valence-electron chi connectivity index (χ0n) is 22.1. The molecule has 14 heteroatoms. The normalized spacial score (nSPS) is 14.0. The Morgan fingerprint density at radius 3 is 2.38 bits per heavy atom. The first kappa shape index (κ1) is 31.4. The van der Waals surface area contributed by atoms with Gasteiger partial charge in [0.25, 0.3) is 0 Å². The van der Waals surface area contributed by atoms with Crippen molar-refractivity contribution in [2.45, 2.75) is 56.8 Å². The van der Waals surface area contributed by atoms with Crippen molar-refractivity contribution in [3.63, 3.8) is 0 Å². The predicted molar refractivity (Wildman–Crippen MR) is 152 cm³/mol. The fourth-order valence-corrected chi connectivity index (χ4v) is 4.30. The highest BCUT2D eigenvalue weighted by Gasteiger charge is 2.29. The molecule has 1 aromatic carbocycles. The summed E-state index contributed by atoms with van der Waals surface area (Å²) in [4.78, 5) is 57.4. The predicted octanol–water partition coefficient (Wildman–Crippen LogP) is -0.597. The van der Waals surface area contributed by atoms with Crippen LogP contribution in [0, 0.1) is 0 Å². The van der Waals surface area contributed by atoms with Crippen LogP contribution < -0.4 is 33.2 Å². The third kappa shape index (κ3) is 10.1. The highest BCUT2D eigenvalue weighted by atomic mass is 32.2. The Bertz CT molecular complexity index is 1170. The summed E-state index contributed by atoms with van der Waals surface area (Å²) in [7, 11) is 0. The van der Waals surface area contributed by atoms with Gasteiger partial charge in [0.15, 0.2) is 5.96 Å². The number of rotatable bonds is 16. The number of carbonyl (C=O) groups excluding carboxylic acids is 3. The number of carboxylic acids is 1. The average molecular weight is 563 g/mol. The fraction of sp³-hybridized carbons (Fsp3) is 0.480. The van der Waals surface area contributed by atoms with E-state index in [9.17, 15) is 24.3 Å². The topological polar surface area (TPSA) is 231 Å². The van der Waals surface area contributed by atoms with Crippen molar-refractivity contribution >= 4 is 52.3 Å². The molecule has 11 N–H and O–H groups in total. The van der Waals surface area contributed by atoms with Crippen molar-refractivity contribution < 1.29 is 24.3 Å². The maximum Gasteiger partial charge on any atom is 0.326 e. The standard InChI is InChI=1S/C25H38N8O5S/c1-14(31-22(35)17(26)7-5-10-29-25(27)28)21(34)33-20(23(36)32-19(24(37)38)9-11-39-2)12-15-13-30-18-8-4-3-6-16(15)18/h3-4,6,8,13-14,17,19-20,30H,5,7,9-12,26H2,1-2H3,(H,31,35)(H,32,36)(H,33,34)(H,37,38)(H4,27,28,29). The van der Waals surface area contributed by atoms with Gasteiger partial charge in [0.05, 0.1) is 6.04 Å². The summed E-state index contributed by atoms with van der Waals surface area (Å²) in [6.45, 7) is 1.79. The van der Waals surface area contributed by atoms with Crippen molar-refractivity contribution in [1.82, 2.24) is 20.9 Å². The van der Waals surface area contributed by atoms with E-state index in [2.05, 4.69) is 25.9 Å². The number of guanidine groups is 1. The Balaban J connectivity index is 2.11. The lowest BCUT2D eigenvalue weighted by Crippen LogP contribution is -2.57. The van der Waals surface area contributed by atoms with Crippen molar-refractivity contribution in [1.29, 1.82) is 0 Å². The summed E-state index contributed by atoms with van der Waals surface area (Å²) in [5.74, 6) is -2.48. The number of amides is 3. The van der Waals surface area contributed by atoms with E-state index in [1.807, 2.05) is 30.5 Å². The monoisotopic (exact) mass is 562 g/mol. The number of aromatic nitrogens is 1. The van der Waals surface area contributed by atoms with Crippen LogP contribution in [-0.2, 0) is 25.6 Å². The van der Waals surface area contributed by atoms with Gasteiger partial charge in [0.1, 0.15) is 18.1 Å². The van der Waals surface area contributed by atoms with Crippen LogP contribution in [0.4, 0.5) is 0 Å². The molecule has 0 saturated heterocycles. The van der Waals surface area contributed by atoms with Crippen LogP contribution in [0.15, 0.2) is 35.5 Å². The van der Waals surface area contributed by atoms with Gasteiger partial charge in [0.2, 0.25) is 17.7 Å². The molecule has 39 heavy (non-hydrogen) atoms. The Labute approximate surface area is 231 Å². The van der Waals surface area contributed by atoms with Gasteiger partial charge in [-0.3, -0.25) is 19.4 Å². The molecule has 2 aromatic rings. The van der Waals surface area contributed by atoms with Crippen LogP contribution >= 0.6 is 11.8 Å². The number of nitrogens with one attached hydrogen (secondary N) is 4. The number of hydrogen-bond donors (Lipinski definition) is 8. The molecule has 13 nitrogen and oxygen atoms in total. The maximum atomic E-state index is 13.2. The summed E-state index contributed by atoms with van der Waals surface area (Å²) >= 11 is 1.46. The molecule has 0 bridgehead atoms. The number of para-hydroxylation sites is 1. The van der Waals surface area contributed by atoms with E-state index < -0.39 is 47.9 Å². The van der Waals surface area contributed by atoms with Gasteiger partial charge >= 0.3 is 5.97 Å². The van der Waals surface area contributed by atoms with E-state index in [4.69, 9.17) is 17.2 Å². The lowest BCUT2D eigenvalue weighted by Gasteiger charge is -2.24. The summed E-state index contributed by atoms with van der Waals surface area (Å²) in [6, 6.07) is 3.39. The van der Waals surface area contributed by atoms with E-state index in [0.29, 0.717) is 25.1 Å². The Hall–Kier alpha value is -3.78. The Morgan fingerprint density at radius 2 is 1.72 bits per heavy atom. The lowest BCUT2D eigenvalue weighted by atomic mass is 10.0. The minimum Gasteiger partial charge on any atom is -0.480 e. The minimum absolute atomic E-state index is 0.0523. The van der Waals surface area contributed by atoms with E-state index in [0.717, 1.165) is 16.5 Å². The summed E-state index contributed by atoms with van der Waals surface area (Å²) in [5, 5.41) is 18.2. The number of fused-ring (bicyclic) bond motifs is 1. The van der Waals surface area contributed by atoms with Gasteiger partial charge in [-0.1, -0.05) is 18.2 Å². The second kappa shape index (κ2) is 15.6. The molecule has 3 amide bonds. The van der Waals surface area contributed by atoms with Crippen molar-refractivity contribution in [3.8, 4) is 0 Å². The highest BCUT2D eigenvalue weighted by molar-refractivity contribution is 7.98. The molecular weight excluding hydrogens is 524 g/mol. The first-order valence-corrected chi connectivity index (χ1v) is 13.9. The van der Waals surface area contributed by atoms with Gasteiger partial charge in [-0.05, 0) is 49.8 Å². The van der Waals surface area contributed by atoms with Gasteiger partial charge in [-0.15, -0.1) is 0 Å². The quantitative estimate of drug-likeness (QED) is 0.0740. The number of benzene rings is 1. The number of carboxylic acid groups (broad SMARTS) is 1. The molecule has 4 unspecified atom stereocenters. The largest absolute Gasteiger partial charge is 0.480 e. The number of thioether (sulfide) groups is 1. The van der Waals surface area contributed by atoms with Gasteiger partial charge in [-0.2, -0.15) is 11.8 Å². The molecule has 2 rings (SSSR count). The van der Waals surface area contributed by atoms with Gasteiger partial charge < -0.3 is 43.2 Å². The van der Waals surface area contributed by atoms with E-state index in [1.54, 1.807) is 6.20 Å². The average Bonchev–Trinajstić information content (AvgIpc) is 3.30. The van der Waals surface area contributed by atoms with Crippen molar-refractivity contribution in [3.05, 3.63) is 36.0 Å². The summed E-state index contributed by atoms with van der Waals surface area (Å²) in [5.41, 5.74) is 18.1. The first-order chi connectivity index (χ1) is 18.5. The number of aliphatic imine (C=N–C) groups is 1. The zero-order valence-corrected chi connectivity index (χ0v) is 22.9. The van der Waals surface area contributed by atoms with Crippen LogP contribution in [-0.4, -0.2) is 82.5 Å². The van der Waals surface area contributed by atoms with E-state index >= 15 is 0 Å². The van der Waals surface area contributed by atoms with E-state index in [1.165, 1.54) is 18.7 Å². The van der Waals surface area contributed by atoms with Crippen LogP contribution in [0.5, 0.6) is 0 Å². The molecule has 214 valence electrons. The fourth-order valence-electron chi connectivity index (χ4n) is 3.83. The molecule has 0 aliphatic heterocycles. The number of hydrogen-bond acceptors (Lipinski definition) is 7. The highest BCUT2D eigenvalue weighted by Crippen LogP contribution is 2.19. The van der Waals surface area contributed by atoms with Crippen LogP contribution in [0.2, 0.25) is 0 Å². The second-order valence-corrected chi connectivity index (χ2v) is 10.1. The number of aromatic amines is 1. The van der Waals surface area contributed by atoms with Crippen LogP contribution in [0.25, 0.3) is 10.9 Å². The molecule has 0 radical (unpaired) electrons. The third-order valence-electron chi connectivity index (χ3n) is 6.01. The van der Waals surface area contributed by atoms with Crippen molar-refractivity contribution in [2.24, 2.45) is 22.2 Å². The molecule has 0 fully saturated rings. The summed E-state index contributed by atoms with van der Waals surface area (Å²) in [6.07, 6.45) is 4.68. The zero-order chi connectivity index (χ0) is 28.9. The molecule has 4 atom stereocenters.